The number of nitrogens with zero attached hydrogens (tertiary/aromatic N) is 1. The van der Waals surface area contributed by atoms with Crippen LogP contribution >= 0.6 is 0 Å². The first-order valence-corrected chi connectivity index (χ1v) is 12.8. The van der Waals surface area contributed by atoms with Gasteiger partial charge in [-0.3, -0.25) is 0 Å². The molecule has 0 radical (unpaired) electrons. The Morgan fingerprint density at radius 2 is 0.711 bits per heavy atom. The number of anilines is 3. The van der Waals surface area contributed by atoms with Crippen LogP contribution < -0.4 is 4.90 Å². The third-order valence-electron chi connectivity index (χ3n) is 6.71. The van der Waals surface area contributed by atoms with E-state index >= 15 is 0 Å². The Morgan fingerprint density at radius 3 is 1.29 bits per heavy atom. The number of phenols is 1. The molecule has 6 aromatic carbocycles. The zero-order chi connectivity index (χ0) is 25.7. The lowest BCUT2D eigenvalue weighted by Crippen LogP contribution is -2.09. The molecule has 0 spiro atoms. The van der Waals surface area contributed by atoms with Gasteiger partial charge in [0.2, 0.25) is 0 Å². The molecule has 0 aliphatic rings. The van der Waals surface area contributed by atoms with Crippen LogP contribution in [-0.4, -0.2) is 5.11 Å². The molecular formula is C36H27NO. The fourth-order valence-electron chi connectivity index (χ4n) is 4.87. The quantitative estimate of drug-likeness (QED) is 0.252. The van der Waals surface area contributed by atoms with E-state index in [9.17, 15) is 5.11 Å². The third kappa shape index (κ3) is 4.93. The normalized spacial score (nSPS) is 10.7. The average molecular weight is 490 g/mol. The number of benzene rings is 6. The highest BCUT2D eigenvalue weighted by atomic mass is 16.3. The molecule has 0 fully saturated rings. The molecule has 0 aliphatic carbocycles. The molecular weight excluding hydrogens is 462 g/mol. The van der Waals surface area contributed by atoms with Crippen molar-refractivity contribution in [2.24, 2.45) is 0 Å². The van der Waals surface area contributed by atoms with Gasteiger partial charge in [0.1, 0.15) is 5.75 Å². The van der Waals surface area contributed by atoms with Crippen LogP contribution in [0.1, 0.15) is 0 Å². The third-order valence-corrected chi connectivity index (χ3v) is 6.71. The Hall–Kier alpha value is -5.08. The molecule has 0 aromatic heterocycles. The molecule has 38 heavy (non-hydrogen) atoms. The van der Waals surface area contributed by atoms with Crippen LogP contribution in [-0.2, 0) is 0 Å². The monoisotopic (exact) mass is 489 g/mol. The Labute approximate surface area is 223 Å². The first-order valence-electron chi connectivity index (χ1n) is 12.8. The molecule has 6 rings (SSSR count). The number of hydrogen-bond acceptors (Lipinski definition) is 2. The number of para-hydroxylation sites is 1. The number of aromatic hydroxyl groups is 1. The molecule has 2 heteroatoms. The molecule has 1 N–H and O–H groups in total. The zero-order valence-corrected chi connectivity index (χ0v) is 20.9. The molecule has 6 aromatic rings. The number of rotatable bonds is 6. The second kappa shape index (κ2) is 10.5. The average Bonchev–Trinajstić information content (AvgIpc) is 2.99. The van der Waals surface area contributed by atoms with Gasteiger partial charge < -0.3 is 10.0 Å². The van der Waals surface area contributed by atoms with Gasteiger partial charge in [-0.05, 0) is 81.9 Å². The van der Waals surface area contributed by atoms with Crippen molar-refractivity contribution in [3.8, 4) is 39.1 Å². The fourth-order valence-corrected chi connectivity index (χ4v) is 4.87. The molecule has 0 amide bonds. The van der Waals surface area contributed by atoms with Crippen LogP contribution in [0.2, 0.25) is 0 Å². The minimum Gasteiger partial charge on any atom is -0.508 e. The Balaban J connectivity index is 1.39. The minimum atomic E-state index is 0.241. The van der Waals surface area contributed by atoms with Gasteiger partial charge in [0, 0.05) is 23.1 Å². The van der Waals surface area contributed by atoms with Crippen LogP contribution in [0.25, 0.3) is 33.4 Å². The number of hydrogen-bond donors (Lipinski definition) is 1. The summed E-state index contributed by atoms with van der Waals surface area (Å²) in [7, 11) is 0. The lowest BCUT2D eigenvalue weighted by atomic mass is 9.96. The summed E-state index contributed by atoms with van der Waals surface area (Å²) in [6.45, 7) is 0. The zero-order valence-electron chi connectivity index (χ0n) is 20.9. The summed E-state index contributed by atoms with van der Waals surface area (Å²) in [6.07, 6.45) is 0. The smallest absolute Gasteiger partial charge is 0.117 e. The van der Waals surface area contributed by atoms with E-state index in [2.05, 4.69) is 114 Å². The van der Waals surface area contributed by atoms with E-state index in [0.717, 1.165) is 28.2 Å². The lowest BCUT2D eigenvalue weighted by Gasteiger charge is -2.26. The van der Waals surface area contributed by atoms with E-state index in [-0.39, 0.29) is 5.75 Å². The van der Waals surface area contributed by atoms with Crippen LogP contribution in [0.5, 0.6) is 5.75 Å². The maximum atomic E-state index is 10.2. The standard InChI is InChI=1S/C36H27NO/c38-36-22-10-21-35(26-36)37(33-18-5-2-6-19-33)34-20-9-17-32(25-34)31-16-8-15-30(24-31)29-14-7-13-28(23-29)27-11-3-1-4-12-27/h1-26,38H. The van der Waals surface area contributed by atoms with Gasteiger partial charge in [-0.15, -0.1) is 0 Å². The summed E-state index contributed by atoms with van der Waals surface area (Å²) in [5.41, 5.74) is 10.0. The van der Waals surface area contributed by atoms with Crippen molar-refractivity contribution in [2.45, 2.75) is 0 Å². The van der Waals surface area contributed by atoms with Crippen LogP contribution in [0.3, 0.4) is 0 Å². The largest absolute Gasteiger partial charge is 0.508 e. The van der Waals surface area contributed by atoms with E-state index in [0.29, 0.717) is 0 Å². The molecule has 0 saturated carbocycles. The minimum absolute atomic E-state index is 0.241. The summed E-state index contributed by atoms with van der Waals surface area (Å²) in [5.74, 6) is 0.241. The van der Waals surface area contributed by atoms with Crippen molar-refractivity contribution >= 4 is 17.1 Å². The van der Waals surface area contributed by atoms with Gasteiger partial charge in [-0.25, -0.2) is 0 Å². The van der Waals surface area contributed by atoms with E-state index < -0.39 is 0 Å². The molecule has 0 atom stereocenters. The molecule has 0 heterocycles. The molecule has 0 bridgehead atoms. The molecule has 0 saturated heterocycles. The second-order valence-electron chi connectivity index (χ2n) is 9.27. The lowest BCUT2D eigenvalue weighted by molar-refractivity contribution is 0.475. The van der Waals surface area contributed by atoms with Crippen molar-refractivity contribution in [2.75, 3.05) is 4.90 Å². The summed E-state index contributed by atoms with van der Waals surface area (Å²) in [4.78, 5) is 2.16. The van der Waals surface area contributed by atoms with Crippen molar-refractivity contribution in [1.29, 1.82) is 0 Å². The predicted octanol–water partition coefficient (Wildman–Crippen LogP) is 9.86. The van der Waals surface area contributed by atoms with Gasteiger partial charge in [0.15, 0.2) is 0 Å². The highest BCUT2D eigenvalue weighted by Gasteiger charge is 2.14. The van der Waals surface area contributed by atoms with Crippen molar-refractivity contribution in [1.82, 2.24) is 0 Å². The van der Waals surface area contributed by atoms with E-state index in [1.807, 2.05) is 36.4 Å². The maximum Gasteiger partial charge on any atom is 0.117 e. The van der Waals surface area contributed by atoms with Gasteiger partial charge in [-0.2, -0.15) is 0 Å². The van der Waals surface area contributed by atoms with E-state index in [1.54, 1.807) is 12.1 Å². The number of phenolic OH excluding ortho intramolecular Hbond substituents is 1. The van der Waals surface area contributed by atoms with Crippen molar-refractivity contribution in [3.05, 3.63) is 158 Å². The van der Waals surface area contributed by atoms with E-state index in [1.165, 1.54) is 22.3 Å². The predicted molar refractivity (Wildman–Crippen MR) is 159 cm³/mol. The van der Waals surface area contributed by atoms with Crippen LogP contribution in [0.15, 0.2) is 158 Å². The summed E-state index contributed by atoms with van der Waals surface area (Å²) in [5, 5.41) is 10.2. The first kappa shape index (κ1) is 23.3. The topological polar surface area (TPSA) is 23.5 Å². The van der Waals surface area contributed by atoms with Gasteiger partial charge in [-0.1, -0.05) is 103 Å². The Bertz CT molecular complexity index is 1680. The fraction of sp³-hybridized carbons (Fsp3) is 0. The SMILES string of the molecule is Oc1cccc(N(c2ccccc2)c2cccc(-c3cccc(-c4cccc(-c5ccccc5)c4)c3)c2)c1. The van der Waals surface area contributed by atoms with Crippen molar-refractivity contribution < 1.29 is 5.11 Å². The Morgan fingerprint density at radius 1 is 0.316 bits per heavy atom. The van der Waals surface area contributed by atoms with Crippen LogP contribution in [0.4, 0.5) is 17.1 Å². The van der Waals surface area contributed by atoms with Gasteiger partial charge in [0.05, 0.1) is 0 Å². The highest BCUT2D eigenvalue weighted by molar-refractivity contribution is 5.82. The maximum absolute atomic E-state index is 10.2. The Kier molecular flexibility index (Phi) is 6.44. The summed E-state index contributed by atoms with van der Waals surface area (Å²) in [6, 6.07) is 54.0. The van der Waals surface area contributed by atoms with Gasteiger partial charge in [0.25, 0.3) is 0 Å². The molecule has 2 nitrogen and oxygen atoms in total. The second-order valence-corrected chi connectivity index (χ2v) is 9.27. The summed E-state index contributed by atoms with van der Waals surface area (Å²) >= 11 is 0. The molecule has 182 valence electrons. The summed E-state index contributed by atoms with van der Waals surface area (Å²) < 4.78 is 0. The molecule has 0 aliphatic heterocycles. The van der Waals surface area contributed by atoms with Crippen LogP contribution in [0, 0.1) is 0 Å². The molecule has 0 unspecified atom stereocenters. The highest BCUT2D eigenvalue weighted by Crippen LogP contribution is 2.38. The van der Waals surface area contributed by atoms with Crippen molar-refractivity contribution in [3.63, 3.8) is 0 Å². The first-order chi connectivity index (χ1) is 18.7. The van der Waals surface area contributed by atoms with Gasteiger partial charge >= 0.3 is 0 Å². The van der Waals surface area contributed by atoms with E-state index in [4.69, 9.17) is 0 Å².